The lowest BCUT2D eigenvalue weighted by Crippen LogP contribution is -2.39. The van der Waals surface area contributed by atoms with E-state index in [1.807, 2.05) is 0 Å². The highest BCUT2D eigenvalue weighted by Gasteiger charge is 2.31. The molecule has 17 heavy (non-hydrogen) atoms. The normalized spacial score (nSPS) is 25.2. The summed E-state index contributed by atoms with van der Waals surface area (Å²) in [4.78, 5) is 2.63. The summed E-state index contributed by atoms with van der Waals surface area (Å²) in [6.45, 7) is 8.76. The van der Waals surface area contributed by atoms with Crippen LogP contribution < -0.4 is 5.32 Å². The van der Waals surface area contributed by atoms with E-state index < -0.39 is 0 Å². The van der Waals surface area contributed by atoms with Crippen molar-refractivity contribution in [2.24, 2.45) is 5.41 Å². The largest absolute Gasteiger partial charge is 0.315 e. The van der Waals surface area contributed by atoms with Crippen molar-refractivity contribution in [3.63, 3.8) is 0 Å². The zero-order valence-corrected chi connectivity index (χ0v) is 11.6. The Morgan fingerprint density at radius 3 is 2.35 bits per heavy atom. The molecule has 0 aromatic carbocycles. The molecule has 1 saturated heterocycles. The molecule has 1 saturated carbocycles. The van der Waals surface area contributed by atoms with Gasteiger partial charge in [0.25, 0.3) is 0 Å². The van der Waals surface area contributed by atoms with Crippen LogP contribution in [0.5, 0.6) is 0 Å². The number of nitrogens with zero attached hydrogens (tertiary/aromatic N) is 1. The first kappa shape index (κ1) is 13.4. The van der Waals surface area contributed by atoms with E-state index in [-0.39, 0.29) is 0 Å². The van der Waals surface area contributed by atoms with Crippen LogP contribution >= 0.6 is 0 Å². The molecular formula is C15H30N2. The fourth-order valence-electron chi connectivity index (χ4n) is 3.55. The van der Waals surface area contributed by atoms with Crippen LogP contribution in [-0.4, -0.2) is 37.6 Å². The van der Waals surface area contributed by atoms with Gasteiger partial charge in [-0.15, -0.1) is 0 Å². The maximum atomic E-state index is 3.72. The van der Waals surface area contributed by atoms with Crippen LogP contribution in [-0.2, 0) is 0 Å². The molecule has 2 rings (SSSR count). The van der Waals surface area contributed by atoms with Gasteiger partial charge in [0.15, 0.2) is 0 Å². The molecule has 2 heteroatoms. The number of likely N-dealkylation sites (tertiary alicyclic amines) is 1. The summed E-state index contributed by atoms with van der Waals surface area (Å²) in [5.41, 5.74) is 0.655. The Bertz CT molecular complexity index is 203. The topological polar surface area (TPSA) is 15.3 Å². The second-order valence-corrected chi connectivity index (χ2v) is 6.14. The molecule has 2 fully saturated rings. The number of hydrogen-bond donors (Lipinski definition) is 1. The van der Waals surface area contributed by atoms with Crippen molar-refractivity contribution in [1.82, 2.24) is 10.2 Å². The molecule has 1 aliphatic carbocycles. The van der Waals surface area contributed by atoms with Crippen LogP contribution in [0.1, 0.15) is 58.3 Å². The van der Waals surface area contributed by atoms with Crippen LogP contribution in [0.15, 0.2) is 0 Å². The monoisotopic (exact) mass is 238 g/mol. The summed E-state index contributed by atoms with van der Waals surface area (Å²) in [5.74, 6) is 0. The van der Waals surface area contributed by atoms with Crippen molar-refractivity contribution in [2.75, 3.05) is 32.7 Å². The van der Waals surface area contributed by atoms with Crippen molar-refractivity contribution in [3.05, 3.63) is 0 Å². The van der Waals surface area contributed by atoms with Crippen LogP contribution in [0.4, 0.5) is 0 Å². The predicted octanol–water partition coefficient (Wildman–Crippen LogP) is 3.03. The minimum atomic E-state index is 0.655. The standard InChI is InChI=1S/C15H30N2/c1-2-15(8-4-5-9-15)14-16-10-13-17-11-6-3-7-12-17/h16H,2-14H2,1H3. The first-order valence-electron chi connectivity index (χ1n) is 7.78. The lowest BCUT2D eigenvalue weighted by Gasteiger charge is -2.30. The Kier molecular flexibility index (Phi) is 5.30. The Hall–Kier alpha value is -0.0800. The Morgan fingerprint density at radius 2 is 1.71 bits per heavy atom. The highest BCUT2D eigenvalue weighted by Crippen LogP contribution is 2.40. The maximum absolute atomic E-state index is 3.72. The van der Waals surface area contributed by atoms with Crippen LogP contribution in [0.2, 0.25) is 0 Å². The molecular weight excluding hydrogens is 208 g/mol. The molecule has 1 heterocycles. The summed E-state index contributed by atoms with van der Waals surface area (Å²) in [6, 6.07) is 0. The third kappa shape index (κ3) is 3.96. The molecule has 0 aromatic heterocycles. The molecule has 0 spiro atoms. The van der Waals surface area contributed by atoms with Gasteiger partial charge in [-0.25, -0.2) is 0 Å². The summed E-state index contributed by atoms with van der Waals surface area (Å²) in [7, 11) is 0. The third-order valence-corrected chi connectivity index (χ3v) is 4.97. The van der Waals surface area contributed by atoms with Crippen LogP contribution in [0.3, 0.4) is 0 Å². The molecule has 0 unspecified atom stereocenters. The van der Waals surface area contributed by atoms with Gasteiger partial charge < -0.3 is 10.2 Å². The Morgan fingerprint density at radius 1 is 1.00 bits per heavy atom. The van der Waals surface area contributed by atoms with Gasteiger partial charge in [-0.2, -0.15) is 0 Å². The van der Waals surface area contributed by atoms with Crippen LogP contribution in [0, 0.1) is 5.41 Å². The van der Waals surface area contributed by atoms with Gasteiger partial charge in [0, 0.05) is 19.6 Å². The van der Waals surface area contributed by atoms with E-state index in [2.05, 4.69) is 17.1 Å². The first-order chi connectivity index (χ1) is 8.35. The smallest absolute Gasteiger partial charge is 0.0107 e. The van der Waals surface area contributed by atoms with E-state index in [4.69, 9.17) is 0 Å². The molecule has 2 aliphatic rings. The zero-order valence-electron chi connectivity index (χ0n) is 11.6. The quantitative estimate of drug-likeness (QED) is 0.716. The van der Waals surface area contributed by atoms with Gasteiger partial charge in [-0.05, 0) is 50.6 Å². The summed E-state index contributed by atoms with van der Waals surface area (Å²) < 4.78 is 0. The van der Waals surface area contributed by atoms with Crippen molar-refractivity contribution < 1.29 is 0 Å². The number of nitrogens with one attached hydrogen (secondary N) is 1. The van der Waals surface area contributed by atoms with E-state index >= 15 is 0 Å². The van der Waals surface area contributed by atoms with Gasteiger partial charge in [-0.1, -0.05) is 26.2 Å². The molecule has 0 aromatic rings. The summed E-state index contributed by atoms with van der Waals surface area (Å²) >= 11 is 0. The van der Waals surface area contributed by atoms with Crippen LogP contribution in [0.25, 0.3) is 0 Å². The van der Waals surface area contributed by atoms with Crippen molar-refractivity contribution in [3.8, 4) is 0 Å². The van der Waals surface area contributed by atoms with Crippen molar-refractivity contribution in [1.29, 1.82) is 0 Å². The van der Waals surface area contributed by atoms with Gasteiger partial charge in [0.05, 0.1) is 0 Å². The summed E-state index contributed by atoms with van der Waals surface area (Å²) in [5, 5.41) is 3.72. The SMILES string of the molecule is CCC1(CNCCN2CCCCC2)CCCC1. The van der Waals surface area contributed by atoms with Gasteiger partial charge >= 0.3 is 0 Å². The van der Waals surface area contributed by atoms with Crippen molar-refractivity contribution >= 4 is 0 Å². The van der Waals surface area contributed by atoms with Gasteiger partial charge in [0.1, 0.15) is 0 Å². The minimum absolute atomic E-state index is 0.655. The lowest BCUT2D eigenvalue weighted by molar-refractivity contribution is 0.217. The average Bonchev–Trinajstić information content (AvgIpc) is 2.85. The second kappa shape index (κ2) is 6.75. The predicted molar refractivity (Wildman–Crippen MR) is 74.4 cm³/mol. The maximum Gasteiger partial charge on any atom is 0.0107 e. The fraction of sp³-hybridized carbons (Fsp3) is 1.00. The molecule has 0 radical (unpaired) electrons. The molecule has 100 valence electrons. The average molecular weight is 238 g/mol. The van der Waals surface area contributed by atoms with E-state index in [0.717, 1.165) is 0 Å². The Balaban J connectivity index is 1.58. The van der Waals surface area contributed by atoms with E-state index in [0.29, 0.717) is 5.41 Å². The first-order valence-corrected chi connectivity index (χ1v) is 7.78. The lowest BCUT2D eigenvalue weighted by atomic mass is 9.83. The van der Waals surface area contributed by atoms with Gasteiger partial charge in [0.2, 0.25) is 0 Å². The molecule has 0 amide bonds. The molecule has 2 nitrogen and oxygen atoms in total. The third-order valence-electron chi connectivity index (χ3n) is 4.97. The molecule has 0 atom stereocenters. The number of piperidine rings is 1. The highest BCUT2D eigenvalue weighted by atomic mass is 15.1. The van der Waals surface area contributed by atoms with E-state index in [1.165, 1.54) is 84.1 Å². The highest BCUT2D eigenvalue weighted by molar-refractivity contribution is 4.85. The zero-order chi connectivity index (χ0) is 12.0. The molecule has 0 bridgehead atoms. The van der Waals surface area contributed by atoms with E-state index in [9.17, 15) is 0 Å². The Labute approximate surface area is 107 Å². The van der Waals surface area contributed by atoms with E-state index in [1.54, 1.807) is 0 Å². The summed E-state index contributed by atoms with van der Waals surface area (Å²) in [6.07, 6.45) is 11.5. The van der Waals surface area contributed by atoms with Gasteiger partial charge in [-0.3, -0.25) is 0 Å². The van der Waals surface area contributed by atoms with Crippen molar-refractivity contribution in [2.45, 2.75) is 58.3 Å². The minimum Gasteiger partial charge on any atom is -0.315 e. The molecule has 1 aliphatic heterocycles. The number of hydrogen-bond acceptors (Lipinski definition) is 2. The second-order valence-electron chi connectivity index (χ2n) is 6.14. The number of rotatable bonds is 6. The molecule has 1 N–H and O–H groups in total. The fourth-order valence-corrected chi connectivity index (χ4v) is 3.55.